The van der Waals surface area contributed by atoms with E-state index in [1.54, 1.807) is 19.1 Å². The van der Waals surface area contributed by atoms with Gasteiger partial charge in [-0.2, -0.15) is 0 Å². The second-order valence-corrected chi connectivity index (χ2v) is 9.30. The molecule has 0 aliphatic carbocycles. The van der Waals surface area contributed by atoms with Gasteiger partial charge in [0, 0.05) is 35.6 Å². The van der Waals surface area contributed by atoms with E-state index in [4.69, 9.17) is 0 Å². The first-order chi connectivity index (χ1) is 16.4. The van der Waals surface area contributed by atoms with Crippen molar-refractivity contribution in [3.05, 3.63) is 83.1 Å². The molecule has 6 heteroatoms. The molecule has 0 saturated carbocycles. The molecule has 2 rings (SSSR count). The van der Waals surface area contributed by atoms with Crippen molar-refractivity contribution in [2.24, 2.45) is 0 Å². The van der Waals surface area contributed by atoms with Gasteiger partial charge in [0.2, 0.25) is 0 Å². The Bertz CT molecular complexity index is 959. The van der Waals surface area contributed by atoms with E-state index in [1.165, 1.54) is 18.0 Å². The number of nitrogens with zero attached hydrogens (tertiary/aromatic N) is 1. The zero-order valence-corrected chi connectivity index (χ0v) is 21.8. The van der Waals surface area contributed by atoms with Crippen LogP contribution in [0.5, 0.6) is 0 Å². The predicted molar refractivity (Wildman–Crippen MR) is 143 cm³/mol. The Morgan fingerprint density at radius 1 is 1.09 bits per heavy atom. The van der Waals surface area contributed by atoms with Crippen LogP contribution >= 0.6 is 11.9 Å². The Labute approximate surface area is 208 Å². The van der Waals surface area contributed by atoms with E-state index in [-0.39, 0.29) is 11.6 Å². The monoisotopic (exact) mass is 487 g/mol. The predicted octanol–water partition coefficient (Wildman–Crippen LogP) is 7.97. The van der Waals surface area contributed by atoms with Gasteiger partial charge in [0.15, 0.2) is 0 Å². The molecule has 0 saturated heterocycles. The van der Waals surface area contributed by atoms with Gasteiger partial charge in [0.1, 0.15) is 11.6 Å². The summed E-state index contributed by atoms with van der Waals surface area (Å²) >= 11 is 1.20. The van der Waals surface area contributed by atoms with Gasteiger partial charge in [-0.1, -0.05) is 52.0 Å². The van der Waals surface area contributed by atoms with Gasteiger partial charge >= 0.3 is 0 Å². The molecule has 0 radical (unpaired) electrons. The summed E-state index contributed by atoms with van der Waals surface area (Å²) in [5.41, 5.74) is 3.51. The standard InChI is InChI=1S/C28H39F2N3S/c1-6-9-12-21(4)32-34-27-16-15-26(22(5)28(27)30)31-19-24-23(13-11-14-25(24)29)20-33(17-8-3)18-10-7-2/h9,11-16,31-32H,4,6-8,10,17-20H2,1-3,5H3/b12-9-. The van der Waals surface area contributed by atoms with Gasteiger partial charge in [0.05, 0.1) is 4.90 Å². The summed E-state index contributed by atoms with van der Waals surface area (Å²) in [6.45, 7) is 15.1. The van der Waals surface area contributed by atoms with Gasteiger partial charge < -0.3 is 10.0 Å². The van der Waals surface area contributed by atoms with E-state index in [0.29, 0.717) is 40.5 Å². The second-order valence-electron chi connectivity index (χ2n) is 8.45. The summed E-state index contributed by atoms with van der Waals surface area (Å²) in [5, 5.41) is 3.26. The number of rotatable bonds is 15. The fraction of sp³-hybridized carbons (Fsp3) is 0.429. The Morgan fingerprint density at radius 2 is 1.88 bits per heavy atom. The summed E-state index contributed by atoms with van der Waals surface area (Å²) in [4.78, 5) is 2.88. The average molecular weight is 488 g/mol. The van der Waals surface area contributed by atoms with E-state index in [1.807, 2.05) is 31.2 Å². The maximum absolute atomic E-state index is 15.0. The molecule has 0 atom stereocenters. The molecule has 0 heterocycles. The van der Waals surface area contributed by atoms with Gasteiger partial charge in [-0.05, 0) is 81.1 Å². The van der Waals surface area contributed by atoms with Crippen LogP contribution in [0.2, 0.25) is 0 Å². The Hall–Kier alpha value is -2.31. The van der Waals surface area contributed by atoms with Crippen LogP contribution in [0.4, 0.5) is 14.5 Å². The summed E-state index contributed by atoms with van der Waals surface area (Å²) < 4.78 is 32.8. The van der Waals surface area contributed by atoms with Crippen molar-refractivity contribution < 1.29 is 8.78 Å². The molecule has 0 aliphatic rings. The molecule has 3 nitrogen and oxygen atoms in total. The lowest BCUT2D eigenvalue weighted by atomic mass is 10.0. The molecule has 2 N–H and O–H groups in total. The van der Waals surface area contributed by atoms with Crippen molar-refractivity contribution >= 4 is 17.6 Å². The SMILES string of the molecule is C=C(/C=C\CC)NSc1ccc(NCc2c(F)cccc2CN(CCC)CCCC)c(C)c1F. The van der Waals surface area contributed by atoms with Crippen molar-refractivity contribution in [3.63, 3.8) is 0 Å². The number of allylic oxidation sites excluding steroid dienone is 2. The highest BCUT2D eigenvalue weighted by atomic mass is 32.2. The highest BCUT2D eigenvalue weighted by Gasteiger charge is 2.15. The number of anilines is 1. The third-order valence-corrected chi connectivity index (χ3v) is 6.53. The molecule has 0 aliphatic heterocycles. The van der Waals surface area contributed by atoms with Gasteiger partial charge in [0.25, 0.3) is 0 Å². The highest BCUT2D eigenvalue weighted by molar-refractivity contribution is 7.97. The Kier molecular flexibility index (Phi) is 12.2. The summed E-state index contributed by atoms with van der Waals surface area (Å²) in [7, 11) is 0. The third kappa shape index (κ3) is 8.48. The zero-order valence-electron chi connectivity index (χ0n) is 21.0. The molecule has 0 amide bonds. The molecule has 0 fully saturated rings. The van der Waals surface area contributed by atoms with E-state index in [2.05, 4.69) is 35.4 Å². The van der Waals surface area contributed by atoms with E-state index < -0.39 is 0 Å². The molecule has 0 spiro atoms. The largest absolute Gasteiger partial charge is 0.381 e. The molecular weight excluding hydrogens is 448 g/mol. The summed E-state index contributed by atoms with van der Waals surface area (Å²) in [6, 6.07) is 8.84. The van der Waals surface area contributed by atoms with Crippen molar-refractivity contribution in [2.45, 2.75) is 71.4 Å². The zero-order chi connectivity index (χ0) is 24.9. The van der Waals surface area contributed by atoms with Crippen LogP contribution in [0, 0.1) is 18.6 Å². The van der Waals surface area contributed by atoms with Gasteiger partial charge in [-0.15, -0.1) is 0 Å². The maximum Gasteiger partial charge on any atom is 0.143 e. The minimum absolute atomic E-state index is 0.231. The number of benzene rings is 2. The first kappa shape index (κ1) is 27.9. The smallest absolute Gasteiger partial charge is 0.143 e. The molecule has 186 valence electrons. The topological polar surface area (TPSA) is 27.3 Å². The van der Waals surface area contributed by atoms with Crippen molar-refractivity contribution in [1.29, 1.82) is 0 Å². The molecule has 2 aromatic rings. The lowest BCUT2D eigenvalue weighted by molar-refractivity contribution is 0.260. The molecule has 34 heavy (non-hydrogen) atoms. The van der Waals surface area contributed by atoms with Gasteiger partial charge in [-0.3, -0.25) is 4.90 Å². The number of halogens is 2. The normalized spacial score (nSPS) is 11.4. The molecular formula is C28H39F2N3S. The summed E-state index contributed by atoms with van der Waals surface area (Å²) in [6.07, 6.45) is 8.11. The second kappa shape index (κ2) is 14.8. The van der Waals surface area contributed by atoms with Crippen LogP contribution in [0.1, 0.15) is 63.1 Å². The van der Waals surface area contributed by atoms with Crippen LogP contribution in [0.3, 0.4) is 0 Å². The van der Waals surface area contributed by atoms with E-state index >= 15 is 0 Å². The number of nitrogens with one attached hydrogen (secondary N) is 2. The van der Waals surface area contributed by atoms with Crippen molar-refractivity contribution in [1.82, 2.24) is 9.62 Å². The fourth-order valence-corrected chi connectivity index (χ4v) is 4.37. The van der Waals surface area contributed by atoms with Crippen LogP contribution in [-0.2, 0) is 13.1 Å². The minimum Gasteiger partial charge on any atom is -0.381 e. The lowest BCUT2D eigenvalue weighted by Gasteiger charge is -2.23. The Balaban J connectivity index is 2.12. The Morgan fingerprint density at radius 3 is 2.59 bits per heavy atom. The van der Waals surface area contributed by atoms with Crippen LogP contribution in [-0.4, -0.2) is 18.0 Å². The molecule has 0 unspecified atom stereocenters. The maximum atomic E-state index is 15.0. The fourth-order valence-electron chi connectivity index (χ4n) is 3.69. The summed E-state index contributed by atoms with van der Waals surface area (Å²) in [5.74, 6) is -0.526. The number of hydrogen-bond acceptors (Lipinski definition) is 4. The molecule has 2 aromatic carbocycles. The van der Waals surface area contributed by atoms with Crippen LogP contribution < -0.4 is 10.0 Å². The third-order valence-electron chi connectivity index (χ3n) is 5.63. The van der Waals surface area contributed by atoms with Gasteiger partial charge in [-0.25, -0.2) is 8.78 Å². The minimum atomic E-state index is -0.294. The molecule has 0 bridgehead atoms. The first-order valence-electron chi connectivity index (χ1n) is 12.2. The number of hydrogen-bond donors (Lipinski definition) is 2. The average Bonchev–Trinajstić information content (AvgIpc) is 2.82. The molecule has 0 aromatic heterocycles. The van der Waals surface area contributed by atoms with E-state index in [0.717, 1.165) is 44.3 Å². The van der Waals surface area contributed by atoms with Crippen LogP contribution in [0.15, 0.2) is 59.7 Å². The van der Waals surface area contributed by atoms with E-state index in [9.17, 15) is 8.78 Å². The highest BCUT2D eigenvalue weighted by Crippen LogP contribution is 2.28. The van der Waals surface area contributed by atoms with Crippen molar-refractivity contribution in [3.8, 4) is 0 Å². The quantitative estimate of drug-likeness (QED) is 0.197. The first-order valence-corrected chi connectivity index (χ1v) is 13.0. The van der Waals surface area contributed by atoms with Crippen LogP contribution in [0.25, 0.3) is 0 Å². The number of unbranched alkanes of at least 4 members (excludes halogenated alkanes) is 1. The lowest BCUT2D eigenvalue weighted by Crippen LogP contribution is -2.26. The van der Waals surface area contributed by atoms with Crippen molar-refractivity contribution in [2.75, 3.05) is 18.4 Å².